The molecule has 0 saturated heterocycles. The van der Waals surface area contributed by atoms with Gasteiger partial charge in [0.1, 0.15) is 0 Å². The van der Waals surface area contributed by atoms with E-state index in [0.29, 0.717) is 5.92 Å². The maximum atomic E-state index is 4.32. The molecular weight excluding hydrogens is 174 g/mol. The van der Waals surface area contributed by atoms with Gasteiger partial charge in [-0.05, 0) is 26.2 Å². The third kappa shape index (κ3) is 1.68. The predicted molar refractivity (Wildman–Crippen MR) is 56.3 cm³/mol. The highest BCUT2D eigenvalue weighted by Crippen LogP contribution is 2.27. The van der Waals surface area contributed by atoms with Gasteiger partial charge in [0.25, 0.3) is 0 Å². The highest BCUT2D eigenvalue weighted by Gasteiger charge is 2.19. The molecule has 3 nitrogen and oxygen atoms in total. The number of aryl methyl sites for hydroxylation is 1. The van der Waals surface area contributed by atoms with E-state index in [4.69, 9.17) is 0 Å². The Morgan fingerprint density at radius 1 is 1.36 bits per heavy atom. The van der Waals surface area contributed by atoms with Crippen LogP contribution in [0.5, 0.6) is 0 Å². The van der Waals surface area contributed by atoms with Gasteiger partial charge in [0.15, 0.2) is 0 Å². The first-order valence-electron chi connectivity index (χ1n) is 5.75. The molecule has 1 atom stereocenters. The molecule has 0 amide bonds. The maximum absolute atomic E-state index is 4.32. The number of aromatic nitrogens is 3. The Morgan fingerprint density at radius 3 is 3.00 bits per heavy atom. The zero-order valence-electron chi connectivity index (χ0n) is 9.16. The van der Waals surface area contributed by atoms with Gasteiger partial charge in [-0.1, -0.05) is 25.0 Å². The van der Waals surface area contributed by atoms with Gasteiger partial charge in [-0.25, -0.2) is 4.68 Å². The van der Waals surface area contributed by atoms with Crippen LogP contribution in [0.25, 0.3) is 0 Å². The molecule has 1 aromatic rings. The van der Waals surface area contributed by atoms with Crippen LogP contribution in [0.15, 0.2) is 0 Å². The van der Waals surface area contributed by atoms with Gasteiger partial charge >= 0.3 is 0 Å². The van der Waals surface area contributed by atoms with E-state index in [1.807, 2.05) is 0 Å². The predicted octanol–water partition coefficient (Wildman–Crippen LogP) is 2.52. The van der Waals surface area contributed by atoms with Crippen molar-refractivity contribution in [1.29, 1.82) is 0 Å². The maximum Gasteiger partial charge on any atom is 0.0887 e. The van der Waals surface area contributed by atoms with Crippen molar-refractivity contribution in [3.63, 3.8) is 0 Å². The van der Waals surface area contributed by atoms with Crippen molar-refractivity contribution in [3.8, 4) is 0 Å². The summed E-state index contributed by atoms with van der Waals surface area (Å²) < 4.78 is 2.07. The van der Waals surface area contributed by atoms with Gasteiger partial charge in [0.05, 0.1) is 11.4 Å². The third-order valence-electron chi connectivity index (χ3n) is 3.18. The van der Waals surface area contributed by atoms with Crippen molar-refractivity contribution in [1.82, 2.24) is 15.0 Å². The van der Waals surface area contributed by atoms with Crippen LogP contribution in [-0.2, 0) is 13.0 Å². The molecule has 2 rings (SSSR count). The summed E-state index contributed by atoms with van der Waals surface area (Å²) in [5.41, 5.74) is 2.64. The van der Waals surface area contributed by atoms with Gasteiger partial charge in [-0.2, -0.15) is 0 Å². The first kappa shape index (κ1) is 9.69. The topological polar surface area (TPSA) is 30.7 Å². The summed E-state index contributed by atoms with van der Waals surface area (Å²) >= 11 is 0. The third-order valence-corrected chi connectivity index (χ3v) is 3.18. The summed E-state index contributed by atoms with van der Waals surface area (Å²) in [4.78, 5) is 0. The molecule has 1 aliphatic carbocycles. The summed E-state index contributed by atoms with van der Waals surface area (Å²) in [5.74, 6) is 0.602. The molecule has 0 spiro atoms. The fourth-order valence-electron chi connectivity index (χ4n) is 2.30. The molecule has 0 radical (unpaired) electrons. The molecule has 1 heterocycles. The molecule has 1 unspecified atom stereocenters. The van der Waals surface area contributed by atoms with Crippen molar-refractivity contribution < 1.29 is 0 Å². The van der Waals surface area contributed by atoms with E-state index in [0.717, 1.165) is 6.54 Å². The van der Waals surface area contributed by atoms with Crippen molar-refractivity contribution in [2.24, 2.45) is 0 Å². The van der Waals surface area contributed by atoms with E-state index in [2.05, 4.69) is 28.8 Å². The Hall–Kier alpha value is -0.860. The Bertz CT molecular complexity index is 303. The highest BCUT2D eigenvalue weighted by atomic mass is 15.4. The lowest BCUT2D eigenvalue weighted by Gasteiger charge is -2.15. The lowest BCUT2D eigenvalue weighted by atomic mass is 9.93. The van der Waals surface area contributed by atoms with E-state index in [-0.39, 0.29) is 0 Å². The van der Waals surface area contributed by atoms with E-state index in [1.54, 1.807) is 0 Å². The first-order valence-corrected chi connectivity index (χ1v) is 5.75. The zero-order chi connectivity index (χ0) is 9.97. The monoisotopic (exact) mass is 193 g/mol. The Morgan fingerprint density at radius 2 is 2.21 bits per heavy atom. The Kier molecular flexibility index (Phi) is 2.85. The summed E-state index contributed by atoms with van der Waals surface area (Å²) in [6.07, 6.45) is 6.45. The molecule has 0 aliphatic heterocycles. The number of nitrogens with zero attached hydrogens (tertiary/aromatic N) is 3. The summed E-state index contributed by atoms with van der Waals surface area (Å²) in [5, 5.41) is 8.54. The van der Waals surface area contributed by atoms with Gasteiger partial charge in [0.2, 0.25) is 0 Å². The van der Waals surface area contributed by atoms with Crippen LogP contribution in [0.2, 0.25) is 0 Å². The molecule has 0 fully saturated rings. The van der Waals surface area contributed by atoms with Crippen molar-refractivity contribution in [2.45, 2.75) is 58.4 Å². The summed E-state index contributed by atoms with van der Waals surface area (Å²) in [6, 6.07) is 0. The molecule has 1 aromatic heterocycles. The van der Waals surface area contributed by atoms with Crippen LogP contribution >= 0.6 is 0 Å². The lowest BCUT2D eigenvalue weighted by molar-refractivity contribution is 0.533. The lowest BCUT2D eigenvalue weighted by Crippen LogP contribution is -2.08. The normalized spacial score (nSPS) is 22.6. The van der Waals surface area contributed by atoms with Gasteiger partial charge < -0.3 is 0 Å². The van der Waals surface area contributed by atoms with Crippen LogP contribution in [0, 0.1) is 0 Å². The molecule has 0 aromatic carbocycles. The molecule has 78 valence electrons. The van der Waals surface area contributed by atoms with E-state index in [1.165, 1.54) is 43.5 Å². The molecule has 3 heteroatoms. The quantitative estimate of drug-likeness (QED) is 0.686. The SMILES string of the molecule is CCn1nnc2c1CCCCCC2C. The van der Waals surface area contributed by atoms with Gasteiger partial charge in [0, 0.05) is 12.5 Å². The molecule has 0 bridgehead atoms. The van der Waals surface area contributed by atoms with Crippen molar-refractivity contribution >= 4 is 0 Å². The Labute approximate surface area is 85.5 Å². The Balaban J connectivity index is 2.32. The minimum Gasteiger partial charge on any atom is -0.249 e. The van der Waals surface area contributed by atoms with Crippen molar-refractivity contribution in [3.05, 3.63) is 11.4 Å². The standard InChI is InChI=1S/C11H19N3/c1-3-14-10-8-6-4-5-7-9(2)11(10)12-13-14/h9H,3-8H2,1-2H3. The van der Waals surface area contributed by atoms with E-state index in [9.17, 15) is 0 Å². The minimum absolute atomic E-state index is 0.602. The molecule has 0 N–H and O–H groups in total. The number of fused-ring (bicyclic) bond motifs is 1. The number of hydrogen-bond donors (Lipinski definition) is 0. The largest absolute Gasteiger partial charge is 0.249 e. The molecule has 14 heavy (non-hydrogen) atoms. The summed E-state index contributed by atoms with van der Waals surface area (Å²) in [6.45, 7) is 5.37. The van der Waals surface area contributed by atoms with Crippen LogP contribution in [0.3, 0.4) is 0 Å². The number of rotatable bonds is 1. The van der Waals surface area contributed by atoms with E-state index < -0.39 is 0 Å². The van der Waals surface area contributed by atoms with Crippen LogP contribution < -0.4 is 0 Å². The fourth-order valence-corrected chi connectivity index (χ4v) is 2.30. The average molecular weight is 193 g/mol. The second-order valence-electron chi connectivity index (χ2n) is 4.24. The van der Waals surface area contributed by atoms with E-state index >= 15 is 0 Å². The van der Waals surface area contributed by atoms with Gasteiger partial charge in [-0.3, -0.25) is 0 Å². The second kappa shape index (κ2) is 4.11. The molecule has 1 aliphatic rings. The van der Waals surface area contributed by atoms with Crippen LogP contribution in [-0.4, -0.2) is 15.0 Å². The zero-order valence-corrected chi connectivity index (χ0v) is 9.16. The van der Waals surface area contributed by atoms with Crippen LogP contribution in [0.4, 0.5) is 0 Å². The van der Waals surface area contributed by atoms with Crippen LogP contribution in [0.1, 0.15) is 56.8 Å². The summed E-state index contributed by atoms with van der Waals surface area (Å²) in [7, 11) is 0. The highest BCUT2D eigenvalue weighted by molar-refractivity contribution is 5.15. The number of hydrogen-bond acceptors (Lipinski definition) is 2. The molecule has 0 saturated carbocycles. The smallest absolute Gasteiger partial charge is 0.0887 e. The van der Waals surface area contributed by atoms with Crippen molar-refractivity contribution in [2.75, 3.05) is 0 Å². The van der Waals surface area contributed by atoms with Gasteiger partial charge in [-0.15, -0.1) is 5.10 Å². The minimum atomic E-state index is 0.602. The fraction of sp³-hybridized carbons (Fsp3) is 0.818. The molecular formula is C11H19N3. The average Bonchev–Trinajstić information content (AvgIpc) is 2.56. The second-order valence-corrected chi connectivity index (χ2v) is 4.24. The first-order chi connectivity index (χ1) is 6.83.